The Labute approximate surface area is 255 Å². The summed E-state index contributed by atoms with van der Waals surface area (Å²) in [5.41, 5.74) is 2.67. The van der Waals surface area contributed by atoms with Gasteiger partial charge in [0.15, 0.2) is 5.83 Å². The number of nitrogens with zero attached hydrogens (tertiary/aromatic N) is 6. The van der Waals surface area contributed by atoms with E-state index in [2.05, 4.69) is 24.6 Å². The van der Waals surface area contributed by atoms with E-state index in [1.54, 1.807) is 0 Å². The number of ether oxygens (including phenoxy) is 2. The van der Waals surface area contributed by atoms with E-state index < -0.39 is 17.8 Å². The molecule has 1 aromatic heterocycles. The number of hydrogen-bond acceptors (Lipinski definition) is 8. The lowest BCUT2D eigenvalue weighted by Crippen LogP contribution is -2.55. The Kier molecular flexibility index (Phi) is 8.48. The molecule has 2 saturated heterocycles. The monoisotopic (exact) mass is 604 g/mol. The van der Waals surface area contributed by atoms with Crippen LogP contribution < -0.4 is 9.64 Å². The molecule has 9 nitrogen and oxygen atoms in total. The Morgan fingerprint density at radius 1 is 1.21 bits per heavy atom. The van der Waals surface area contributed by atoms with Crippen molar-refractivity contribution in [2.24, 2.45) is 0 Å². The highest BCUT2D eigenvalue weighted by Gasteiger charge is 2.36. The number of halogens is 2. The number of rotatable bonds is 7. The molecule has 2 fully saturated rings. The summed E-state index contributed by atoms with van der Waals surface area (Å²) in [5.74, 6) is -1.16. The average molecular weight is 605 g/mol. The summed E-state index contributed by atoms with van der Waals surface area (Å²) in [5, 5.41) is 12.1. The Morgan fingerprint density at radius 2 is 2.02 bits per heavy atom. The molecule has 0 radical (unpaired) electrons. The van der Waals surface area contributed by atoms with E-state index in [1.165, 1.54) is 4.90 Å². The summed E-state index contributed by atoms with van der Waals surface area (Å²) < 4.78 is 26.5. The molecule has 0 saturated carbocycles. The molecule has 3 aliphatic rings. The summed E-state index contributed by atoms with van der Waals surface area (Å²) in [4.78, 5) is 27.9. The van der Waals surface area contributed by atoms with Gasteiger partial charge in [-0.3, -0.25) is 4.79 Å². The van der Waals surface area contributed by atoms with E-state index >= 15 is 0 Å². The van der Waals surface area contributed by atoms with Crippen LogP contribution in [0.25, 0.3) is 10.8 Å². The Morgan fingerprint density at radius 3 is 2.77 bits per heavy atom. The number of hydrogen-bond donors (Lipinski definition) is 0. The molecule has 43 heavy (non-hydrogen) atoms. The molecule has 1 amide bonds. The van der Waals surface area contributed by atoms with Crippen LogP contribution in [0.2, 0.25) is 5.02 Å². The van der Waals surface area contributed by atoms with Crippen LogP contribution in [0, 0.1) is 11.3 Å². The zero-order chi connectivity index (χ0) is 30.1. The van der Waals surface area contributed by atoms with Gasteiger partial charge in [0.05, 0.1) is 36.9 Å². The van der Waals surface area contributed by atoms with Gasteiger partial charge in [0.2, 0.25) is 0 Å². The van der Waals surface area contributed by atoms with Crippen molar-refractivity contribution in [3.05, 3.63) is 70.6 Å². The van der Waals surface area contributed by atoms with Crippen molar-refractivity contribution in [1.82, 2.24) is 19.8 Å². The highest BCUT2D eigenvalue weighted by atomic mass is 35.5. The Balaban J connectivity index is 1.34. The second-order valence-electron chi connectivity index (χ2n) is 11.4. The average Bonchev–Trinajstić information content (AvgIpc) is 3.43. The first-order valence-corrected chi connectivity index (χ1v) is 15.0. The van der Waals surface area contributed by atoms with Crippen LogP contribution in [0.15, 0.2) is 48.8 Å². The summed E-state index contributed by atoms with van der Waals surface area (Å²) in [6, 6.07) is 14.1. The number of likely N-dealkylation sites (tertiary alicyclic amines) is 1. The lowest BCUT2D eigenvalue weighted by atomic mass is 9.94. The van der Waals surface area contributed by atoms with Crippen molar-refractivity contribution in [1.29, 1.82) is 5.26 Å². The molecule has 3 aliphatic heterocycles. The van der Waals surface area contributed by atoms with Crippen molar-refractivity contribution in [2.45, 2.75) is 50.5 Å². The number of likely N-dealkylation sites (N-methyl/N-ethyl adjacent to an activating group) is 1. The number of amides is 1. The van der Waals surface area contributed by atoms with Gasteiger partial charge in [0.1, 0.15) is 12.4 Å². The molecule has 0 N–H and O–H groups in total. The van der Waals surface area contributed by atoms with Crippen LogP contribution in [-0.4, -0.2) is 77.6 Å². The molecule has 3 aromatic rings. The summed E-state index contributed by atoms with van der Waals surface area (Å²) in [6.45, 7) is 5.89. The Hall–Kier alpha value is -3.78. The van der Waals surface area contributed by atoms with E-state index in [-0.39, 0.29) is 31.7 Å². The predicted octanol–water partition coefficient (Wildman–Crippen LogP) is 4.98. The van der Waals surface area contributed by atoms with Gasteiger partial charge in [-0.1, -0.05) is 48.5 Å². The molecule has 2 aromatic carbocycles. The minimum absolute atomic E-state index is 0.0561. The first-order valence-electron chi connectivity index (χ1n) is 14.6. The second kappa shape index (κ2) is 12.4. The maximum absolute atomic E-state index is 13.8. The van der Waals surface area contributed by atoms with Crippen molar-refractivity contribution >= 4 is 34.1 Å². The zero-order valence-electron chi connectivity index (χ0n) is 24.1. The minimum Gasteiger partial charge on any atom is -0.462 e. The quantitative estimate of drug-likeness (QED) is 0.349. The first-order chi connectivity index (χ1) is 20.8. The van der Waals surface area contributed by atoms with E-state index in [0.717, 1.165) is 47.0 Å². The molecule has 3 atom stereocenters. The molecular formula is C32H34ClFN6O3. The normalized spacial score (nSPS) is 22.3. The maximum atomic E-state index is 13.8. The number of fused-ring (bicyclic) bond motifs is 2. The van der Waals surface area contributed by atoms with E-state index in [0.29, 0.717) is 43.0 Å². The van der Waals surface area contributed by atoms with Gasteiger partial charge in [-0.2, -0.15) is 15.2 Å². The fourth-order valence-electron chi connectivity index (χ4n) is 6.46. The van der Waals surface area contributed by atoms with Crippen molar-refractivity contribution in [2.75, 3.05) is 44.7 Å². The third kappa shape index (κ3) is 5.90. The number of carbonyl (C=O) groups is 1. The van der Waals surface area contributed by atoms with Crippen LogP contribution in [0.1, 0.15) is 42.2 Å². The molecule has 6 rings (SSSR count). The lowest BCUT2D eigenvalue weighted by Gasteiger charge is -2.42. The zero-order valence-corrected chi connectivity index (χ0v) is 24.9. The molecule has 0 aliphatic carbocycles. The van der Waals surface area contributed by atoms with E-state index in [4.69, 9.17) is 31.0 Å². The number of benzene rings is 2. The standard InChI is InChI=1S/C32H34ClFN6O3/c1-20(34)31(41)40-15-14-39(17-22(40)11-12-35)30-25-19-42-28(24-9-3-6-21-7-4-10-26(33)29(21)24)16-27(25)36-32(37-30)43-18-23-8-5-13-38(23)2/h3-4,6-7,9-10,22-23,28H,1,5,8,11,13-19H2,2H3/t22-,23+,28?/m0/s1. The Bertz CT molecular complexity index is 1590. The van der Waals surface area contributed by atoms with Crippen LogP contribution in [-0.2, 0) is 22.6 Å². The fraction of sp³-hybridized carbons (Fsp3) is 0.438. The first kappa shape index (κ1) is 29.3. The van der Waals surface area contributed by atoms with E-state index in [1.807, 2.05) is 41.3 Å². The molecule has 1 unspecified atom stereocenters. The fourth-order valence-corrected chi connectivity index (χ4v) is 6.75. The number of aromatic nitrogens is 2. The molecule has 0 spiro atoms. The smallest absolute Gasteiger partial charge is 0.318 e. The van der Waals surface area contributed by atoms with Gasteiger partial charge in [0, 0.05) is 48.1 Å². The second-order valence-corrected chi connectivity index (χ2v) is 11.8. The van der Waals surface area contributed by atoms with Gasteiger partial charge in [-0.15, -0.1) is 0 Å². The van der Waals surface area contributed by atoms with Crippen molar-refractivity contribution in [3.8, 4) is 12.1 Å². The van der Waals surface area contributed by atoms with E-state index in [9.17, 15) is 14.4 Å². The van der Waals surface area contributed by atoms with Gasteiger partial charge < -0.3 is 24.2 Å². The SMILES string of the molecule is C=C(F)C(=O)N1CCN(c2nc(OC[C@H]3CCCN3C)nc3c2COC(c2cccc4cccc(Cl)c24)C3)C[C@@H]1CC#N. The number of piperazine rings is 1. The van der Waals surface area contributed by atoms with Gasteiger partial charge in [-0.25, -0.2) is 4.39 Å². The highest BCUT2D eigenvalue weighted by Crippen LogP contribution is 2.39. The van der Waals surface area contributed by atoms with Crippen molar-refractivity contribution in [3.63, 3.8) is 0 Å². The molecule has 0 bridgehead atoms. The third-order valence-electron chi connectivity index (χ3n) is 8.77. The number of carbonyl (C=O) groups excluding carboxylic acids is 1. The van der Waals surface area contributed by atoms with Crippen LogP contribution in [0.5, 0.6) is 6.01 Å². The van der Waals surface area contributed by atoms with Crippen LogP contribution >= 0.6 is 11.6 Å². The molecule has 224 valence electrons. The van der Waals surface area contributed by atoms with Gasteiger partial charge in [-0.05, 0) is 43.5 Å². The largest absolute Gasteiger partial charge is 0.462 e. The highest BCUT2D eigenvalue weighted by molar-refractivity contribution is 6.35. The lowest BCUT2D eigenvalue weighted by molar-refractivity contribution is -0.131. The third-order valence-corrected chi connectivity index (χ3v) is 9.08. The van der Waals surface area contributed by atoms with Crippen LogP contribution in [0.4, 0.5) is 10.2 Å². The van der Waals surface area contributed by atoms with Gasteiger partial charge >= 0.3 is 6.01 Å². The predicted molar refractivity (Wildman–Crippen MR) is 162 cm³/mol. The van der Waals surface area contributed by atoms with Gasteiger partial charge in [0.25, 0.3) is 5.91 Å². The number of nitriles is 1. The number of anilines is 1. The molecular weight excluding hydrogens is 571 g/mol. The topological polar surface area (TPSA) is 94.8 Å². The summed E-state index contributed by atoms with van der Waals surface area (Å²) in [6.07, 6.45) is 2.46. The molecule has 4 heterocycles. The summed E-state index contributed by atoms with van der Waals surface area (Å²) >= 11 is 6.65. The van der Waals surface area contributed by atoms with Crippen molar-refractivity contribution < 1.29 is 18.7 Å². The minimum atomic E-state index is -1.03. The van der Waals surface area contributed by atoms with Crippen LogP contribution in [0.3, 0.4) is 0 Å². The maximum Gasteiger partial charge on any atom is 0.318 e. The summed E-state index contributed by atoms with van der Waals surface area (Å²) in [7, 11) is 2.10. The molecule has 11 heteroatoms.